The number of hydrogen-bond acceptors (Lipinski definition) is 4. The molecule has 2 fully saturated rings. The predicted octanol–water partition coefficient (Wildman–Crippen LogP) is 2.75. The fourth-order valence-electron chi connectivity index (χ4n) is 5.01. The molecular weight excluding hydrogens is 381 g/mol. The van der Waals surface area contributed by atoms with E-state index in [0.29, 0.717) is 12.5 Å². The molecule has 7 heteroatoms. The highest BCUT2D eigenvalue weighted by Crippen LogP contribution is 2.45. The first-order chi connectivity index (χ1) is 14.7. The van der Waals surface area contributed by atoms with Crippen molar-refractivity contribution in [3.8, 4) is 0 Å². The van der Waals surface area contributed by atoms with Crippen LogP contribution < -0.4 is 0 Å². The second kappa shape index (κ2) is 7.99. The number of halogens is 1. The van der Waals surface area contributed by atoms with Gasteiger partial charge in [-0.15, -0.1) is 0 Å². The zero-order chi connectivity index (χ0) is 20.5. The number of rotatable bonds is 5. The molecule has 5 rings (SSSR count). The molecule has 6 nitrogen and oxygen atoms in total. The second-order valence-corrected chi connectivity index (χ2v) is 8.23. The minimum absolute atomic E-state index is 0.0289. The van der Waals surface area contributed by atoms with Crippen LogP contribution in [0.25, 0.3) is 0 Å². The number of hydrogen-bond donors (Lipinski definition) is 0. The van der Waals surface area contributed by atoms with Crippen molar-refractivity contribution in [3.05, 3.63) is 84.2 Å². The molecule has 2 aromatic heterocycles. The van der Waals surface area contributed by atoms with Gasteiger partial charge in [0.1, 0.15) is 12.4 Å². The monoisotopic (exact) mass is 405 g/mol. The number of aromatic nitrogens is 3. The van der Waals surface area contributed by atoms with Crippen molar-refractivity contribution in [2.45, 2.75) is 19.1 Å². The van der Waals surface area contributed by atoms with Crippen LogP contribution in [-0.4, -0.2) is 50.1 Å². The zero-order valence-corrected chi connectivity index (χ0v) is 16.6. The van der Waals surface area contributed by atoms with Gasteiger partial charge in [0.15, 0.2) is 0 Å². The first-order valence-electron chi connectivity index (χ1n) is 10.3. The number of amides is 1. The van der Waals surface area contributed by atoms with E-state index in [2.05, 4.69) is 21.0 Å². The maximum Gasteiger partial charge on any atom is 0.244 e. The number of nitrogens with zero attached hydrogens (tertiary/aromatic N) is 5. The molecule has 1 amide bonds. The summed E-state index contributed by atoms with van der Waals surface area (Å²) in [6.45, 7) is 3.55. The number of pyridine rings is 1. The molecule has 4 heterocycles. The van der Waals surface area contributed by atoms with Gasteiger partial charge < -0.3 is 4.90 Å². The standard InChI is InChI=1S/C23H24FN5O/c24-20-6-1-5-18(10-20)23-21-15-27(12-17-4-2-7-25-11-17)13-19(21)14-29(23)22(30)16-28-9-3-8-26-28/h1-11,19,21,23H,12-16H2/t19-,21-,23-/m0/s1. The SMILES string of the molecule is O=C(Cn1cccn1)N1C[C@@H]2CN(Cc3cccnc3)C[C@@H]2[C@@H]1c1cccc(F)c1. The van der Waals surface area contributed by atoms with Crippen molar-refractivity contribution in [1.29, 1.82) is 0 Å². The molecule has 30 heavy (non-hydrogen) atoms. The van der Waals surface area contributed by atoms with Crippen LogP contribution in [0.2, 0.25) is 0 Å². The average molecular weight is 405 g/mol. The van der Waals surface area contributed by atoms with Crippen molar-refractivity contribution in [2.24, 2.45) is 11.8 Å². The van der Waals surface area contributed by atoms with Gasteiger partial charge >= 0.3 is 0 Å². The van der Waals surface area contributed by atoms with Crippen LogP contribution in [0, 0.1) is 17.7 Å². The summed E-state index contributed by atoms with van der Waals surface area (Å²) in [5.74, 6) is 0.420. The largest absolute Gasteiger partial charge is 0.333 e. The highest BCUT2D eigenvalue weighted by Gasteiger charge is 2.49. The summed E-state index contributed by atoms with van der Waals surface area (Å²) in [5, 5.41) is 4.17. The van der Waals surface area contributed by atoms with Crippen LogP contribution in [-0.2, 0) is 17.9 Å². The van der Waals surface area contributed by atoms with E-state index in [4.69, 9.17) is 0 Å². The lowest BCUT2D eigenvalue weighted by atomic mass is 9.89. The number of carbonyl (C=O) groups is 1. The zero-order valence-electron chi connectivity index (χ0n) is 16.6. The average Bonchev–Trinajstić information content (AvgIpc) is 3.45. The number of fused-ring (bicyclic) bond motifs is 1. The highest BCUT2D eigenvalue weighted by molar-refractivity contribution is 5.77. The Balaban J connectivity index is 1.38. The van der Waals surface area contributed by atoms with Gasteiger partial charge in [0, 0.05) is 56.9 Å². The van der Waals surface area contributed by atoms with E-state index in [-0.39, 0.29) is 30.2 Å². The molecule has 154 valence electrons. The van der Waals surface area contributed by atoms with Crippen LogP contribution in [0.1, 0.15) is 17.2 Å². The third-order valence-corrected chi connectivity index (χ3v) is 6.24. The fraction of sp³-hybridized carbons (Fsp3) is 0.348. The first kappa shape index (κ1) is 18.9. The van der Waals surface area contributed by atoms with Gasteiger partial charge in [-0.1, -0.05) is 18.2 Å². The Morgan fingerprint density at radius 1 is 1.10 bits per heavy atom. The second-order valence-electron chi connectivity index (χ2n) is 8.23. The molecule has 0 N–H and O–H groups in total. The Morgan fingerprint density at radius 3 is 2.80 bits per heavy atom. The fourth-order valence-corrected chi connectivity index (χ4v) is 5.01. The Morgan fingerprint density at radius 2 is 2.03 bits per heavy atom. The van der Waals surface area contributed by atoms with Crippen LogP contribution in [0.3, 0.4) is 0 Å². The van der Waals surface area contributed by atoms with Gasteiger partial charge in [0.05, 0.1) is 6.04 Å². The van der Waals surface area contributed by atoms with Gasteiger partial charge in [0.25, 0.3) is 0 Å². The molecule has 2 aliphatic heterocycles. The Labute approximate surface area is 174 Å². The van der Waals surface area contributed by atoms with Crippen LogP contribution >= 0.6 is 0 Å². The Kier molecular flexibility index (Phi) is 5.04. The Bertz CT molecular complexity index is 1010. The molecule has 0 saturated carbocycles. The van der Waals surface area contributed by atoms with E-state index in [1.165, 1.54) is 11.6 Å². The third-order valence-electron chi connectivity index (χ3n) is 6.24. The van der Waals surface area contributed by atoms with Gasteiger partial charge in [0.2, 0.25) is 5.91 Å². The predicted molar refractivity (Wildman–Crippen MR) is 110 cm³/mol. The summed E-state index contributed by atoms with van der Waals surface area (Å²) in [6.07, 6.45) is 7.15. The molecule has 0 radical (unpaired) electrons. The normalized spacial score (nSPS) is 23.6. The lowest BCUT2D eigenvalue weighted by Crippen LogP contribution is -2.37. The van der Waals surface area contributed by atoms with Crippen LogP contribution in [0.4, 0.5) is 4.39 Å². The molecular formula is C23H24FN5O. The minimum Gasteiger partial charge on any atom is -0.333 e. The lowest BCUT2D eigenvalue weighted by Gasteiger charge is -2.30. The summed E-state index contributed by atoms with van der Waals surface area (Å²) < 4.78 is 15.7. The molecule has 3 atom stereocenters. The summed E-state index contributed by atoms with van der Waals surface area (Å²) in [4.78, 5) is 21.7. The quantitative estimate of drug-likeness (QED) is 0.655. The van der Waals surface area contributed by atoms with E-state index in [0.717, 1.165) is 25.2 Å². The van der Waals surface area contributed by atoms with E-state index in [9.17, 15) is 9.18 Å². The highest BCUT2D eigenvalue weighted by atomic mass is 19.1. The molecule has 0 aliphatic carbocycles. The van der Waals surface area contributed by atoms with Crippen molar-refractivity contribution in [1.82, 2.24) is 24.6 Å². The Hall–Kier alpha value is -3.06. The number of benzene rings is 1. The minimum atomic E-state index is -0.263. The van der Waals surface area contributed by atoms with Crippen LogP contribution in [0.5, 0.6) is 0 Å². The molecule has 1 aromatic carbocycles. The maximum absolute atomic E-state index is 14.0. The van der Waals surface area contributed by atoms with Crippen molar-refractivity contribution in [2.75, 3.05) is 19.6 Å². The van der Waals surface area contributed by atoms with Crippen molar-refractivity contribution in [3.63, 3.8) is 0 Å². The van der Waals surface area contributed by atoms with E-state index in [1.54, 1.807) is 35.4 Å². The maximum atomic E-state index is 14.0. The summed E-state index contributed by atoms with van der Waals surface area (Å²) in [7, 11) is 0. The lowest BCUT2D eigenvalue weighted by molar-refractivity contribution is -0.133. The van der Waals surface area contributed by atoms with Gasteiger partial charge in [-0.2, -0.15) is 5.10 Å². The third kappa shape index (κ3) is 3.73. The molecule has 3 aromatic rings. The smallest absolute Gasteiger partial charge is 0.244 e. The number of likely N-dealkylation sites (tertiary alicyclic amines) is 2. The van der Waals surface area contributed by atoms with Crippen LogP contribution in [0.15, 0.2) is 67.3 Å². The van der Waals surface area contributed by atoms with E-state index < -0.39 is 0 Å². The van der Waals surface area contributed by atoms with Gasteiger partial charge in [-0.25, -0.2) is 4.39 Å². The molecule has 0 bridgehead atoms. The molecule has 2 saturated heterocycles. The van der Waals surface area contributed by atoms with E-state index in [1.807, 2.05) is 29.3 Å². The van der Waals surface area contributed by atoms with Crippen molar-refractivity contribution >= 4 is 5.91 Å². The van der Waals surface area contributed by atoms with Gasteiger partial charge in [-0.05, 0) is 41.3 Å². The molecule has 0 unspecified atom stereocenters. The van der Waals surface area contributed by atoms with Crippen molar-refractivity contribution < 1.29 is 9.18 Å². The van der Waals surface area contributed by atoms with E-state index >= 15 is 0 Å². The van der Waals surface area contributed by atoms with Gasteiger partial charge in [-0.3, -0.25) is 19.4 Å². The summed E-state index contributed by atoms with van der Waals surface area (Å²) in [6, 6.07) is 12.4. The first-order valence-corrected chi connectivity index (χ1v) is 10.3. The topological polar surface area (TPSA) is 54.3 Å². The number of carbonyl (C=O) groups excluding carboxylic acids is 1. The summed E-state index contributed by atoms with van der Waals surface area (Å²) >= 11 is 0. The molecule has 2 aliphatic rings. The molecule has 0 spiro atoms. The summed E-state index contributed by atoms with van der Waals surface area (Å²) in [5.41, 5.74) is 2.06.